The Kier molecular flexibility index (Phi) is 6.04. The standard InChI is InChI=1S/C21H23N5O3/c1-24(2)12-10-15-4-7-17(8-5-15)23-18-9-6-16(14-19(18)26(28)29)20(27)21-22-11-13-25(21)3/h4-9,11,13-14,23H,10,12H2,1-3H3. The SMILES string of the molecule is CN(C)CCc1ccc(Nc2ccc(C(=O)c3nccn3C)cc2[N+](=O)[O-])cc1. The zero-order valence-corrected chi connectivity index (χ0v) is 16.6. The maximum Gasteiger partial charge on any atom is 0.293 e. The van der Waals surface area contributed by atoms with Crippen LogP contribution in [0.5, 0.6) is 0 Å². The van der Waals surface area contributed by atoms with Gasteiger partial charge in [-0.2, -0.15) is 0 Å². The van der Waals surface area contributed by atoms with Crippen LogP contribution < -0.4 is 5.32 Å². The average Bonchev–Trinajstić information content (AvgIpc) is 3.13. The van der Waals surface area contributed by atoms with E-state index in [0.717, 1.165) is 18.7 Å². The van der Waals surface area contributed by atoms with E-state index in [1.165, 1.54) is 17.8 Å². The lowest BCUT2D eigenvalue weighted by atomic mass is 10.1. The van der Waals surface area contributed by atoms with Gasteiger partial charge >= 0.3 is 0 Å². The highest BCUT2D eigenvalue weighted by Crippen LogP contribution is 2.29. The molecule has 150 valence electrons. The Morgan fingerprint density at radius 3 is 2.52 bits per heavy atom. The maximum atomic E-state index is 12.6. The van der Waals surface area contributed by atoms with Crippen molar-refractivity contribution < 1.29 is 9.72 Å². The first-order valence-electron chi connectivity index (χ1n) is 9.16. The van der Waals surface area contributed by atoms with Crippen LogP contribution in [0, 0.1) is 10.1 Å². The molecule has 29 heavy (non-hydrogen) atoms. The molecule has 0 saturated heterocycles. The molecule has 0 amide bonds. The third-order valence-electron chi connectivity index (χ3n) is 4.56. The first kappa shape index (κ1) is 20.2. The van der Waals surface area contributed by atoms with Crippen LogP contribution in [0.25, 0.3) is 0 Å². The molecule has 1 heterocycles. The molecule has 0 unspecified atom stereocenters. The molecule has 0 aliphatic rings. The number of anilines is 2. The van der Waals surface area contributed by atoms with E-state index in [-0.39, 0.29) is 22.9 Å². The molecule has 8 heteroatoms. The summed E-state index contributed by atoms with van der Waals surface area (Å²) in [5, 5.41) is 14.6. The predicted molar refractivity (Wildman–Crippen MR) is 112 cm³/mol. The number of aromatic nitrogens is 2. The molecule has 8 nitrogen and oxygen atoms in total. The minimum Gasteiger partial charge on any atom is -0.350 e. The molecule has 0 atom stereocenters. The number of benzene rings is 2. The summed E-state index contributed by atoms with van der Waals surface area (Å²) in [4.78, 5) is 29.8. The largest absolute Gasteiger partial charge is 0.350 e. The van der Waals surface area contributed by atoms with Gasteiger partial charge < -0.3 is 14.8 Å². The fraction of sp³-hybridized carbons (Fsp3) is 0.238. The monoisotopic (exact) mass is 393 g/mol. The van der Waals surface area contributed by atoms with E-state index in [0.29, 0.717) is 5.69 Å². The minimum absolute atomic E-state index is 0.165. The molecule has 0 radical (unpaired) electrons. The predicted octanol–water partition coefficient (Wildman–Crippen LogP) is 3.41. The summed E-state index contributed by atoms with van der Waals surface area (Å²) in [7, 11) is 5.75. The fourth-order valence-corrected chi connectivity index (χ4v) is 2.91. The van der Waals surface area contributed by atoms with Gasteiger partial charge in [0.15, 0.2) is 5.82 Å². The summed E-state index contributed by atoms with van der Waals surface area (Å²) in [5.41, 5.74) is 2.31. The molecular formula is C21H23N5O3. The Balaban J connectivity index is 1.82. The van der Waals surface area contributed by atoms with E-state index in [1.54, 1.807) is 29.9 Å². The summed E-state index contributed by atoms with van der Waals surface area (Å²) >= 11 is 0. The summed E-state index contributed by atoms with van der Waals surface area (Å²) in [6.45, 7) is 0.948. The van der Waals surface area contributed by atoms with E-state index in [2.05, 4.69) is 15.2 Å². The molecule has 2 aromatic carbocycles. The van der Waals surface area contributed by atoms with Crippen molar-refractivity contribution in [1.29, 1.82) is 0 Å². The first-order chi connectivity index (χ1) is 13.8. The number of rotatable bonds is 8. The van der Waals surface area contributed by atoms with Crippen LogP contribution in [-0.4, -0.2) is 45.8 Å². The zero-order chi connectivity index (χ0) is 21.0. The Bertz CT molecular complexity index is 1030. The molecule has 1 aromatic heterocycles. The van der Waals surface area contributed by atoms with Crippen molar-refractivity contribution in [2.24, 2.45) is 7.05 Å². The highest BCUT2D eigenvalue weighted by atomic mass is 16.6. The number of carbonyl (C=O) groups excluding carboxylic acids is 1. The molecule has 0 fully saturated rings. The van der Waals surface area contributed by atoms with Crippen molar-refractivity contribution >= 4 is 22.8 Å². The molecule has 1 N–H and O–H groups in total. The topological polar surface area (TPSA) is 93.3 Å². The Labute approximate surface area is 168 Å². The Morgan fingerprint density at radius 1 is 1.21 bits per heavy atom. The second-order valence-electron chi connectivity index (χ2n) is 7.06. The summed E-state index contributed by atoms with van der Waals surface area (Å²) < 4.78 is 1.58. The van der Waals surface area contributed by atoms with Gasteiger partial charge in [0, 0.05) is 43.3 Å². The number of ketones is 1. The van der Waals surface area contributed by atoms with Gasteiger partial charge in [-0.1, -0.05) is 12.1 Å². The van der Waals surface area contributed by atoms with Gasteiger partial charge in [0.25, 0.3) is 5.69 Å². The van der Waals surface area contributed by atoms with Crippen LogP contribution in [0.4, 0.5) is 17.1 Å². The quantitative estimate of drug-likeness (QED) is 0.358. The van der Waals surface area contributed by atoms with E-state index in [9.17, 15) is 14.9 Å². The van der Waals surface area contributed by atoms with Gasteiger partial charge in [0.2, 0.25) is 5.78 Å². The van der Waals surface area contributed by atoms with Gasteiger partial charge in [-0.25, -0.2) is 4.98 Å². The second kappa shape index (κ2) is 8.66. The molecule has 0 spiro atoms. The summed E-state index contributed by atoms with van der Waals surface area (Å²) in [5.74, 6) is -0.134. The van der Waals surface area contributed by atoms with Crippen LogP contribution in [0.1, 0.15) is 21.7 Å². The van der Waals surface area contributed by atoms with Crippen LogP contribution in [0.3, 0.4) is 0 Å². The van der Waals surface area contributed by atoms with E-state index in [4.69, 9.17) is 0 Å². The minimum atomic E-state index is -0.497. The summed E-state index contributed by atoms with van der Waals surface area (Å²) in [6, 6.07) is 12.2. The van der Waals surface area contributed by atoms with Crippen LogP contribution in [0.15, 0.2) is 54.9 Å². The Hall–Kier alpha value is -3.52. The van der Waals surface area contributed by atoms with Crippen molar-refractivity contribution in [2.75, 3.05) is 26.0 Å². The van der Waals surface area contributed by atoms with Gasteiger partial charge in [0.05, 0.1) is 4.92 Å². The number of aryl methyl sites for hydroxylation is 1. The number of likely N-dealkylation sites (N-methyl/N-ethyl adjacent to an activating group) is 1. The molecule has 0 aliphatic carbocycles. The van der Waals surface area contributed by atoms with Crippen molar-refractivity contribution in [1.82, 2.24) is 14.5 Å². The number of nitro groups is 1. The number of carbonyl (C=O) groups is 1. The van der Waals surface area contributed by atoms with Gasteiger partial charge in [-0.15, -0.1) is 0 Å². The van der Waals surface area contributed by atoms with E-state index >= 15 is 0 Å². The van der Waals surface area contributed by atoms with Crippen molar-refractivity contribution in [3.8, 4) is 0 Å². The highest BCUT2D eigenvalue weighted by Gasteiger charge is 2.20. The second-order valence-corrected chi connectivity index (χ2v) is 7.06. The van der Waals surface area contributed by atoms with Gasteiger partial charge in [0.1, 0.15) is 5.69 Å². The number of hydrogen-bond acceptors (Lipinski definition) is 6. The average molecular weight is 393 g/mol. The lowest BCUT2D eigenvalue weighted by molar-refractivity contribution is -0.383. The van der Waals surface area contributed by atoms with Gasteiger partial charge in [-0.05, 0) is 50.3 Å². The lowest BCUT2D eigenvalue weighted by Crippen LogP contribution is -2.14. The third kappa shape index (κ3) is 4.85. The molecule has 0 saturated carbocycles. The molecule has 3 aromatic rings. The number of nitrogens with one attached hydrogen (secondary N) is 1. The smallest absolute Gasteiger partial charge is 0.293 e. The van der Waals surface area contributed by atoms with E-state index in [1.807, 2.05) is 38.4 Å². The van der Waals surface area contributed by atoms with Crippen LogP contribution in [-0.2, 0) is 13.5 Å². The molecular weight excluding hydrogens is 370 g/mol. The first-order valence-corrected chi connectivity index (χ1v) is 9.16. The van der Waals surface area contributed by atoms with Gasteiger partial charge in [-0.3, -0.25) is 14.9 Å². The molecule has 3 rings (SSSR count). The van der Waals surface area contributed by atoms with Crippen molar-refractivity contribution in [3.05, 3.63) is 81.9 Å². The third-order valence-corrected chi connectivity index (χ3v) is 4.56. The normalized spacial score (nSPS) is 10.9. The number of nitrogens with zero attached hydrogens (tertiary/aromatic N) is 4. The van der Waals surface area contributed by atoms with Crippen LogP contribution >= 0.6 is 0 Å². The number of hydrogen-bond donors (Lipinski definition) is 1. The maximum absolute atomic E-state index is 12.6. The number of nitro benzene ring substituents is 1. The Morgan fingerprint density at radius 2 is 1.93 bits per heavy atom. The highest BCUT2D eigenvalue weighted by molar-refractivity contribution is 6.07. The fourth-order valence-electron chi connectivity index (χ4n) is 2.91. The van der Waals surface area contributed by atoms with Crippen molar-refractivity contribution in [3.63, 3.8) is 0 Å². The zero-order valence-electron chi connectivity index (χ0n) is 16.6. The molecule has 0 aliphatic heterocycles. The van der Waals surface area contributed by atoms with Crippen LogP contribution in [0.2, 0.25) is 0 Å². The summed E-state index contributed by atoms with van der Waals surface area (Å²) in [6.07, 6.45) is 4.09. The van der Waals surface area contributed by atoms with Crippen molar-refractivity contribution in [2.45, 2.75) is 6.42 Å². The van der Waals surface area contributed by atoms with E-state index < -0.39 is 4.92 Å². The lowest BCUT2D eigenvalue weighted by Gasteiger charge is -2.11. The molecule has 0 bridgehead atoms. The number of imidazole rings is 1.